The first-order valence-corrected chi connectivity index (χ1v) is 8.62. The lowest BCUT2D eigenvalue weighted by Gasteiger charge is -2.18. The Balaban J connectivity index is 2.20. The van der Waals surface area contributed by atoms with Gasteiger partial charge in [0, 0.05) is 10.4 Å². The van der Waals surface area contributed by atoms with Crippen LogP contribution in [0.4, 0.5) is 0 Å². The predicted octanol–water partition coefficient (Wildman–Crippen LogP) is 5.47. The number of hydrogen-bond donors (Lipinski definition) is 1. The lowest BCUT2D eigenvalue weighted by molar-refractivity contribution is 0.699. The van der Waals surface area contributed by atoms with Gasteiger partial charge in [-0.25, -0.2) is 0 Å². The van der Waals surface area contributed by atoms with Crippen molar-refractivity contribution in [3.8, 4) is 0 Å². The summed E-state index contributed by atoms with van der Waals surface area (Å²) in [5, 5.41) is 8.76. The fourth-order valence-corrected chi connectivity index (χ4v) is 4.14. The summed E-state index contributed by atoms with van der Waals surface area (Å²) in [4.78, 5) is 0. The highest BCUT2D eigenvalue weighted by Crippen LogP contribution is 2.34. The molecule has 0 spiro atoms. The Bertz CT molecular complexity index is 753. The van der Waals surface area contributed by atoms with Crippen LogP contribution in [-0.2, 0) is 0 Å². The van der Waals surface area contributed by atoms with E-state index in [0.29, 0.717) is 0 Å². The average molecular weight is 414 g/mol. The fourth-order valence-electron chi connectivity index (χ4n) is 2.51. The Morgan fingerprint density at radius 1 is 1.15 bits per heavy atom. The van der Waals surface area contributed by atoms with Crippen molar-refractivity contribution in [1.82, 2.24) is 5.32 Å². The highest BCUT2D eigenvalue weighted by atomic mass is 127. The zero-order valence-electron chi connectivity index (χ0n) is 10.9. The predicted molar refractivity (Wildman–Crippen MR) is 96.9 cm³/mol. The summed E-state index contributed by atoms with van der Waals surface area (Å²) >= 11 is 10.4. The number of fused-ring (bicyclic) bond motifs is 1. The number of hydrogen-bond acceptors (Lipinski definition) is 2. The Morgan fingerprint density at radius 2 is 1.90 bits per heavy atom. The van der Waals surface area contributed by atoms with Crippen LogP contribution >= 0.6 is 45.5 Å². The lowest BCUT2D eigenvalue weighted by Crippen LogP contribution is -2.17. The van der Waals surface area contributed by atoms with E-state index in [1.165, 1.54) is 19.4 Å². The fraction of sp³-hybridized carbons (Fsp3) is 0.125. The van der Waals surface area contributed by atoms with Crippen molar-refractivity contribution < 1.29 is 0 Å². The zero-order chi connectivity index (χ0) is 14.1. The first-order chi connectivity index (χ1) is 9.70. The molecule has 0 radical (unpaired) electrons. The Hall–Kier alpha value is -0.620. The van der Waals surface area contributed by atoms with E-state index in [9.17, 15) is 0 Å². The number of halogens is 2. The van der Waals surface area contributed by atoms with Crippen LogP contribution in [0, 0.1) is 2.88 Å². The molecule has 3 aromatic rings. The van der Waals surface area contributed by atoms with E-state index in [0.717, 1.165) is 10.4 Å². The topological polar surface area (TPSA) is 12.0 Å². The molecule has 0 amide bonds. The molecule has 20 heavy (non-hydrogen) atoms. The van der Waals surface area contributed by atoms with E-state index in [1.54, 1.807) is 11.3 Å². The summed E-state index contributed by atoms with van der Waals surface area (Å²) in [7, 11) is 2.00. The molecule has 0 saturated heterocycles. The van der Waals surface area contributed by atoms with Crippen molar-refractivity contribution in [2.75, 3.05) is 7.05 Å². The second-order valence-corrected chi connectivity index (χ2v) is 7.80. The molecular weight excluding hydrogens is 401 g/mol. The standard InChI is InChI=1S/C16H13ClINS/c1-19-16(10-8-15(18)20-9-10)13-6-7-14(17)12-5-3-2-4-11(12)13/h2-9,16,19H,1H3. The van der Waals surface area contributed by atoms with Gasteiger partial charge in [-0.2, -0.15) is 0 Å². The molecule has 0 saturated carbocycles. The summed E-state index contributed by atoms with van der Waals surface area (Å²) in [5.41, 5.74) is 2.57. The first-order valence-electron chi connectivity index (χ1n) is 6.29. The largest absolute Gasteiger partial charge is 0.309 e. The number of nitrogens with one attached hydrogen (secondary N) is 1. The van der Waals surface area contributed by atoms with E-state index in [1.807, 2.05) is 19.2 Å². The maximum Gasteiger partial charge on any atom is 0.0656 e. The van der Waals surface area contributed by atoms with Gasteiger partial charge < -0.3 is 5.32 Å². The van der Waals surface area contributed by atoms with E-state index in [-0.39, 0.29) is 6.04 Å². The molecule has 1 atom stereocenters. The molecule has 2 aromatic carbocycles. The Morgan fingerprint density at radius 3 is 2.55 bits per heavy atom. The number of benzene rings is 2. The van der Waals surface area contributed by atoms with Crippen LogP contribution in [0.5, 0.6) is 0 Å². The number of rotatable bonds is 3. The van der Waals surface area contributed by atoms with Gasteiger partial charge in [-0.15, -0.1) is 11.3 Å². The second kappa shape index (κ2) is 6.02. The summed E-state index contributed by atoms with van der Waals surface area (Å²) in [6.45, 7) is 0. The molecule has 0 aliphatic carbocycles. The van der Waals surface area contributed by atoms with Crippen LogP contribution in [0.15, 0.2) is 47.8 Å². The van der Waals surface area contributed by atoms with Crippen LogP contribution in [-0.4, -0.2) is 7.05 Å². The monoisotopic (exact) mass is 413 g/mol. The molecule has 4 heteroatoms. The minimum Gasteiger partial charge on any atom is -0.309 e. The Labute approximate surface area is 141 Å². The maximum absolute atomic E-state index is 6.31. The van der Waals surface area contributed by atoms with Crippen LogP contribution in [0.3, 0.4) is 0 Å². The van der Waals surface area contributed by atoms with Gasteiger partial charge in [0.2, 0.25) is 0 Å². The lowest BCUT2D eigenvalue weighted by atomic mass is 9.95. The van der Waals surface area contributed by atoms with Crippen LogP contribution in [0.1, 0.15) is 17.2 Å². The van der Waals surface area contributed by atoms with Gasteiger partial charge in [-0.05, 0) is 63.7 Å². The van der Waals surface area contributed by atoms with Crippen molar-refractivity contribution in [1.29, 1.82) is 0 Å². The highest BCUT2D eigenvalue weighted by molar-refractivity contribution is 14.1. The average Bonchev–Trinajstić information content (AvgIpc) is 2.89. The third-order valence-corrected chi connectivity index (χ3v) is 5.56. The Kier molecular flexibility index (Phi) is 4.31. The van der Waals surface area contributed by atoms with Crippen molar-refractivity contribution in [2.24, 2.45) is 0 Å². The van der Waals surface area contributed by atoms with Gasteiger partial charge in [0.15, 0.2) is 0 Å². The van der Waals surface area contributed by atoms with Gasteiger partial charge in [0.25, 0.3) is 0 Å². The molecule has 102 valence electrons. The number of thiophene rings is 1. The van der Waals surface area contributed by atoms with Crippen molar-refractivity contribution in [2.45, 2.75) is 6.04 Å². The van der Waals surface area contributed by atoms with E-state index >= 15 is 0 Å². The van der Waals surface area contributed by atoms with Crippen LogP contribution in [0.25, 0.3) is 10.8 Å². The molecule has 1 nitrogen and oxygen atoms in total. The van der Waals surface area contributed by atoms with Crippen molar-refractivity contribution >= 4 is 56.3 Å². The van der Waals surface area contributed by atoms with Gasteiger partial charge >= 0.3 is 0 Å². The summed E-state index contributed by atoms with van der Waals surface area (Å²) in [6.07, 6.45) is 0. The highest BCUT2D eigenvalue weighted by Gasteiger charge is 2.16. The van der Waals surface area contributed by atoms with E-state index in [2.05, 4.69) is 63.6 Å². The van der Waals surface area contributed by atoms with Crippen LogP contribution < -0.4 is 5.32 Å². The van der Waals surface area contributed by atoms with Gasteiger partial charge in [-0.1, -0.05) is 41.9 Å². The quantitative estimate of drug-likeness (QED) is 0.562. The minimum absolute atomic E-state index is 0.192. The molecule has 0 fully saturated rings. The summed E-state index contributed by atoms with van der Waals surface area (Å²) in [6, 6.07) is 14.8. The summed E-state index contributed by atoms with van der Waals surface area (Å²) in [5.74, 6) is 0. The molecule has 3 rings (SSSR count). The molecule has 1 heterocycles. The van der Waals surface area contributed by atoms with Crippen LogP contribution in [0.2, 0.25) is 5.02 Å². The first kappa shape index (κ1) is 14.3. The van der Waals surface area contributed by atoms with Gasteiger partial charge in [0.1, 0.15) is 0 Å². The second-order valence-electron chi connectivity index (χ2n) is 4.59. The molecule has 1 unspecified atom stereocenters. The normalized spacial score (nSPS) is 12.8. The van der Waals surface area contributed by atoms with E-state index in [4.69, 9.17) is 11.6 Å². The summed E-state index contributed by atoms with van der Waals surface area (Å²) < 4.78 is 1.30. The van der Waals surface area contributed by atoms with Crippen molar-refractivity contribution in [3.63, 3.8) is 0 Å². The third kappa shape index (κ3) is 2.60. The maximum atomic E-state index is 6.31. The zero-order valence-corrected chi connectivity index (χ0v) is 14.6. The third-order valence-electron chi connectivity index (χ3n) is 3.43. The molecule has 1 aromatic heterocycles. The SMILES string of the molecule is CNC(c1csc(I)c1)c1ccc(Cl)c2ccccc12. The van der Waals surface area contributed by atoms with Gasteiger partial charge in [0.05, 0.1) is 8.93 Å². The van der Waals surface area contributed by atoms with E-state index < -0.39 is 0 Å². The molecular formula is C16H13ClINS. The van der Waals surface area contributed by atoms with Gasteiger partial charge in [-0.3, -0.25) is 0 Å². The minimum atomic E-state index is 0.192. The molecule has 0 aliphatic heterocycles. The van der Waals surface area contributed by atoms with Crippen molar-refractivity contribution in [3.05, 3.63) is 66.9 Å². The smallest absolute Gasteiger partial charge is 0.0656 e. The molecule has 0 bridgehead atoms. The molecule has 1 N–H and O–H groups in total. The molecule has 0 aliphatic rings.